The van der Waals surface area contributed by atoms with E-state index in [9.17, 15) is 19.2 Å². The van der Waals surface area contributed by atoms with Crippen molar-refractivity contribution in [3.05, 3.63) is 145 Å². The summed E-state index contributed by atoms with van der Waals surface area (Å²) < 4.78 is 7.61. The van der Waals surface area contributed by atoms with Gasteiger partial charge in [-0.05, 0) is 99.6 Å². The number of unbranched alkanes of at least 4 members (excludes halogenated alkanes) is 5. The van der Waals surface area contributed by atoms with Crippen LogP contribution >= 0.6 is 0 Å². The Hall–Kier alpha value is -8.50. The molecule has 16 nitrogen and oxygen atoms in total. The molecule has 74 heavy (non-hydrogen) atoms. The maximum absolute atomic E-state index is 13.5. The lowest BCUT2D eigenvalue weighted by molar-refractivity contribution is -0.671. The Bertz CT molecular complexity index is 3030. The fourth-order valence-corrected chi connectivity index (χ4v) is 10.2. The third-order valence-corrected chi connectivity index (χ3v) is 14.1. The van der Waals surface area contributed by atoms with E-state index < -0.39 is 0 Å². The smallest absolute Gasteiger partial charge is 0.273 e. The van der Waals surface area contributed by atoms with Gasteiger partial charge in [0.15, 0.2) is 13.1 Å². The van der Waals surface area contributed by atoms with Crippen LogP contribution in [0.5, 0.6) is 0 Å². The van der Waals surface area contributed by atoms with E-state index in [-0.39, 0.29) is 23.6 Å². The molecule has 4 aromatic carbocycles. The van der Waals surface area contributed by atoms with E-state index in [1.165, 1.54) is 0 Å². The van der Waals surface area contributed by atoms with Crippen molar-refractivity contribution in [3.8, 4) is 23.9 Å². The largest absolute Gasteiger partial charge is 0.385 e. The monoisotopic (exact) mass is 993 g/mol. The highest BCUT2D eigenvalue weighted by Crippen LogP contribution is 2.36. The molecule has 16 heteroatoms. The summed E-state index contributed by atoms with van der Waals surface area (Å²) >= 11 is 0. The average molecular weight is 993 g/mol. The van der Waals surface area contributed by atoms with Crippen LogP contribution in [-0.4, -0.2) is 115 Å². The quantitative estimate of drug-likeness (QED) is 0.0357. The van der Waals surface area contributed by atoms with E-state index in [2.05, 4.69) is 79.0 Å². The van der Waals surface area contributed by atoms with E-state index in [0.717, 1.165) is 136 Å². The summed E-state index contributed by atoms with van der Waals surface area (Å²) in [5.41, 5.74) is 3.84. The second-order valence-corrected chi connectivity index (χ2v) is 19.6. The molecular weight excluding hydrogens is 929 g/mol. The highest BCUT2D eigenvalue weighted by atomic mass is 16.2. The third-order valence-electron chi connectivity index (χ3n) is 14.1. The Morgan fingerprint density at radius 1 is 0.473 bits per heavy atom. The SMILES string of the molecule is C[n+]1ccn(CC#CN2C(=O)c3cccc4c(NCCCCCN5C=CN(CCCCN6C=CN(CCCCCNc7ccc8c9c(cccc79)C(=O)N(C#CCn7cc[n+](C)c7)C8=O)C6)C5)ccc(c34)C2=O)c1. The molecule has 10 rings (SSSR count). The van der Waals surface area contributed by atoms with Crippen LogP contribution in [0.15, 0.2) is 123 Å². The second kappa shape index (κ2) is 22.5. The number of hydrogen-bond donors (Lipinski definition) is 2. The summed E-state index contributed by atoms with van der Waals surface area (Å²) in [6.07, 6.45) is 29.0. The highest BCUT2D eigenvalue weighted by molar-refractivity contribution is 6.28. The Labute approximate surface area is 432 Å². The number of carbonyl (C=O) groups is 4. The number of aromatic nitrogens is 4. The first-order valence-corrected chi connectivity index (χ1v) is 25.9. The number of rotatable bonds is 21. The Kier molecular flexibility index (Phi) is 14.9. The summed E-state index contributed by atoms with van der Waals surface area (Å²) in [5, 5.41) is 10.3. The van der Waals surface area contributed by atoms with Crippen molar-refractivity contribution < 1.29 is 28.3 Å². The van der Waals surface area contributed by atoms with Gasteiger partial charge in [-0.2, -0.15) is 9.80 Å². The first-order valence-electron chi connectivity index (χ1n) is 25.9. The highest BCUT2D eigenvalue weighted by Gasteiger charge is 2.34. The van der Waals surface area contributed by atoms with Gasteiger partial charge in [0, 0.05) is 131 Å². The minimum atomic E-state index is -0.386. The number of benzene rings is 4. The Balaban J connectivity index is 0.570. The molecule has 0 unspecified atom stereocenters. The van der Waals surface area contributed by atoms with Crippen molar-refractivity contribution in [2.24, 2.45) is 14.1 Å². The maximum Gasteiger partial charge on any atom is 0.273 e. The summed E-state index contributed by atoms with van der Waals surface area (Å²) in [7, 11) is 3.85. The van der Waals surface area contributed by atoms with E-state index in [1.807, 2.05) is 118 Å². The number of nitrogens with zero attached hydrogens (tertiary/aromatic N) is 10. The van der Waals surface area contributed by atoms with Crippen LogP contribution < -0.4 is 19.8 Å². The van der Waals surface area contributed by atoms with E-state index in [4.69, 9.17) is 0 Å². The summed E-state index contributed by atoms with van der Waals surface area (Å²) in [6.45, 7) is 8.39. The first-order chi connectivity index (χ1) is 36.2. The first kappa shape index (κ1) is 49.1. The van der Waals surface area contributed by atoms with Crippen molar-refractivity contribution in [3.63, 3.8) is 0 Å². The number of hydrogen-bond acceptors (Lipinski definition) is 10. The molecule has 0 atom stereocenters. The standard InChI is InChI=1S/C58H62N12O4/c1-61-33-35-63(41-61)29-13-31-69-55(71)47-17-11-15-45-51(21-19-49(53(45)47)57(69)73)59-23-5-3-7-25-65-37-39-67(43-65)27-9-10-28-68-40-38-66(44-68)26-8-4-6-24-60-52-22-20-50-54-46(52)16-12-18-48(54)56(72)70(58(50)74)32-14-30-64-36-34-62(2)42-64/h11-12,15-22,33-42H,3-10,23-30,43-44H2,1-2H3/p+2. The minimum Gasteiger partial charge on any atom is -0.385 e. The molecule has 6 heterocycles. The van der Waals surface area contributed by atoms with Crippen LogP contribution in [0.25, 0.3) is 21.5 Å². The van der Waals surface area contributed by atoms with Gasteiger partial charge < -0.3 is 30.2 Å². The maximum atomic E-state index is 13.5. The van der Waals surface area contributed by atoms with Gasteiger partial charge in [-0.25, -0.2) is 18.3 Å². The summed E-state index contributed by atoms with van der Waals surface area (Å²) in [4.78, 5) is 65.5. The van der Waals surface area contributed by atoms with E-state index in [0.29, 0.717) is 46.1 Å². The molecule has 0 fully saturated rings. The molecule has 0 bridgehead atoms. The molecule has 4 amide bonds. The molecule has 2 N–H and O–H groups in total. The minimum absolute atomic E-state index is 0.375. The lowest BCUT2D eigenvalue weighted by Gasteiger charge is -2.24. The molecule has 4 aliphatic rings. The van der Waals surface area contributed by atoms with Crippen LogP contribution in [0.1, 0.15) is 92.8 Å². The van der Waals surface area contributed by atoms with Crippen LogP contribution in [-0.2, 0) is 27.2 Å². The fraction of sp³-hybridized carbons (Fsp3) is 0.345. The molecule has 378 valence electrons. The van der Waals surface area contributed by atoms with Crippen molar-refractivity contribution in [2.45, 2.75) is 64.5 Å². The van der Waals surface area contributed by atoms with Crippen LogP contribution in [0, 0.1) is 23.9 Å². The second-order valence-electron chi connectivity index (χ2n) is 19.6. The van der Waals surface area contributed by atoms with Crippen LogP contribution in [0.4, 0.5) is 11.4 Å². The normalized spacial score (nSPS) is 14.7. The van der Waals surface area contributed by atoms with Gasteiger partial charge in [0.05, 0.1) is 27.4 Å². The number of aryl methyl sites for hydroxylation is 2. The lowest BCUT2D eigenvalue weighted by atomic mass is 9.93. The van der Waals surface area contributed by atoms with Crippen molar-refractivity contribution >= 4 is 56.5 Å². The molecular formula is C58H64N12O4+2. The molecule has 4 aliphatic heterocycles. The van der Waals surface area contributed by atoms with Crippen molar-refractivity contribution in [1.29, 1.82) is 0 Å². The predicted octanol–water partition coefficient (Wildman–Crippen LogP) is 6.50. The molecule has 0 spiro atoms. The van der Waals surface area contributed by atoms with E-state index in [1.54, 1.807) is 12.1 Å². The van der Waals surface area contributed by atoms with Gasteiger partial charge in [-0.1, -0.05) is 24.3 Å². The zero-order valence-corrected chi connectivity index (χ0v) is 42.4. The van der Waals surface area contributed by atoms with Crippen molar-refractivity contribution in [2.75, 3.05) is 63.2 Å². The topological polar surface area (TPSA) is 129 Å². The number of imidazole rings is 2. The predicted molar refractivity (Wildman–Crippen MR) is 284 cm³/mol. The number of amides is 4. The summed E-state index contributed by atoms with van der Waals surface area (Å²) in [6, 6.07) is 24.4. The average Bonchev–Trinajstić information content (AvgIpc) is 4.25. The Morgan fingerprint density at radius 3 is 1.23 bits per heavy atom. The molecule has 0 saturated carbocycles. The fourth-order valence-electron chi connectivity index (χ4n) is 10.2. The van der Waals surface area contributed by atoms with Gasteiger partial charge in [0.1, 0.15) is 24.8 Å². The molecule has 0 aliphatic carbocycles. The molecule has 0 radical (unpaired) electrons. The van der Waals surface area contributed by atoms with Crippen LogP contribution in [0.3, 0.4) is 0 Å². The van der Waals surface area contributed by atoms with Gasteiger partial charge in [0.2, 0.25) is 12.7 Å². The number of nitrogens with one attached hydrogen (secondary N) is 2. The van der Waals surface area contributed by atoms with Crippen molar-refractivity contribution in [1.82, 2.24) is 38.5 Å². The summed E-state index contributed by atoms with van der Waals surface area (Å²) in [5.74, 6) is 4.40. The molecule has 2 aromatic heterocycles. The lowest BCUT2D eigenvalue weighted by Crippen LogP contribution is -2.36. The van der Waals surface area contributed by atoms with Gasteiger partial charge >= 0.3 is 0 Å². The van der Waals surface area contributed by atoms with Crippen LogP contribution in [0.2, 0.25) is 0 Å². The zero-order valence-electron chi connectivity index (χ0n) is 42.4. The van der Waals surface area contributed by atoms with Gasteiger partial charge in [0.25, 0.3) is 23.6 Å². The number of imide groups is 2. The number of carbonyl (C=O) groups excluding carboxylic acids is 4. The number of anilines is 2. The zero-order chi connectivity index (χ0) is 51.0. The van der Waals surface area contributed by atoms with Gasteiger partial charge in [-0.15, -0.1) is 0 Å². The van der Waals surface area contributed by atoms with E-state index >= 15 is 0 Å². The molecule has 6 aromatic rings. The Morgan fingerprint density at radius 2 is 0.851 bits per heavy atom. The molecule has 0 saturated heterocycles. The van der Waals surface area contributed by atoms with Gasteiger partial charge in [-0.3, -0.25) is 19.2 Å². The third kappa shape index (κ3) is 11.0.